The minimum absolute atomic E-state index is 0.197. The van der Waals surface area contributed by atoms with Crippen molar-refractivity contribution in [3.63, 3.8) is 0 Å². The maximum atomic E-state index is 10.1. The molecule has 0 unspecified atom stereocenters. The summed E-state index contributed by atoms with van der Waals surface area (Å²) < 4.78 is 0. The molecule has 2 heteroatoms. The zero-order valence-corrected chi connectivity index (χ0v) is 11.8. The van der Waals surface area contributed by atoms with E-state index in [0.717, 1.165) is 30.4 Å². The third-order valence-corrected chi connectivity index (χ3v) is 3.75. The fourth-order valence-electron chi connectivity index (χ4n) is 2.59. The summed E-state index contributed by atoms with van der Waals surface area (Å²) in [5.74, 6) is 0.398. The minimum Gasteiger partial charge on any atom is -0.507 e. The van der Waals surface area contributed by atoms with Gasteiger partial charge in [0.25, 0.3) is 0 Å². The maximum absolute atomic E-state index is 10.1. The van der Waals surface area contributed by atoms with E-state index in [1.165, 1.54) is 0 Å². The minimum atomic E-state index is 0.197. The molecule has 0 saturated carbocycles. The Labute approximate surface area is 124 Å². The molecule has 0 aliphatic heterocycles. The van der Waals surface area contributed by atoms with Crippen molar-refractivity contribution in [2.75, 3.05) is 0 Å². The van der Waals surface area contributed by atoms with Crippen LogP contribution in [0.1, 0.15) is 17.5 Å². The van der Waals surface area contributed by atoms with Crippen molar-refractivity contribution in [3.05, 3.63) is 71.8 Å². The lowest BCUT2D eigenvalue weighted by atomic mass is 9.97. The Bertz CT molecular complexity index is 712. The topological polar surface area (TPSA) is 40.5 Å². The summed E-state index contributed by atoms with van der Waals surface area (Å²) in [7, 11) is 0. The number of aromatic hydroxyl groups is 2. The summed E-state index contributed by atoms with van der Waals surface area (Å²) in [5, 5.41) is 20.3. The lowest BCUT2D eigenvalue weighted by molar-refractivity contribution is 0.469. The molecule has 1 aliphatic rings. The van der Waals surface area contributed by atoms with E-state index >= 15 is 0 Å². The molecule has 0 heterocycles. The first-order valence-electron chi connectivity index (χ1n) is 7.20. The first kappa shape index (κ1) is 13.5. The van der Waals surface area contributed by atoms with Crippen LogP contribution in [0, 0.1) is 0 Å². The number of aryl methyl sites for hydroxylation is 1. The van der Waals surface area contributed by atoms with Gasteiger partial charge in [0.05, 0.1) is 0 Å². The molecule has 0 radical (unpaired) electrons. The number of phenols is 2. The van der Waals surface area contributed by atoms with E-state index in [-0.39, 0.29) is 11.5 Å². The molecular weight excluding hydrogens is 260 g/mol. The van der Waals surface area contributed by atoms with Gasteiger partial charge in [-0.05, 0) is 54.7 Å². The molecule has 0 fully saturated rings. The molecule has 0 saturated heterocycles. The van der Waals surface area contributed by atoms with E-state index in [9.17, 15) is 10.2 Å². The normalized spacial score (nSPS) is 17.1. The molecule has 2 aromatic carbocycles. The van der Waals surface area contributed by atoms with Crippen LogP contribution in [-0.2, 0) is 12.8 Å². The summed E-state index contributed by atoms with van der Waals surface area (Å²) in [6.45, 7) is 0. The zero-order chi connectivity index (χ0) is 14.7. The predicted molar refractivity (Wildman–Crippen MR) is 85.5 cm³/mol. The second-order valence-electron chi connectivity index (χ2n) is 5.30. The Morgan fingerprint density at radius 3 is 2.10 bits per heavy atom. The molecule has 3 rings (SSSR count). The van der Waals surface area contributed by atoms with Gasteiger partial charge in [-0.15, -0.1) is 0 Å². The molecule has 106 valence electrons. The number of allylic oxidation sites excluding steroid dienone is 4. The summed E-state index contributed by atoms with van der Waals surface area (Å²) in [5.41, 5.74) is 3.64. The molecule has 2 aromatic rings. The van der Waals surface area contributed by atoms with E-state index in [2.05, 4.69) is 24.3 Å². The third kappa shape index (κ3) is 3.00. The lowest BCUT2D eigenvalue weighted by Gasteiger charge is -2.11. The monoisotopic (exact) mass is 278 g/mol. The first-order chi connectivity index (χ1) is 10.2. The molecule has 2 nitrogen and oxygen atoms in total. The summed E-state index contributed by atoms with van der Waals surface area (Å²) in [6, 6.07) is 11.2. The number of hydrogen-bond donors (Lipinski definition) is 2. The van der Waals surface area contributed by atoms with Gasteiger partial charge in [0.2, 0.25) is 0 Å². The summed E-state index contributed by atoms with van der Waals surface area (Å²) >= 11 is 0. The number of rotatable bonds is 0. The first-order valence-corrected chi connectivity index (χ1v) is 7.20. The molecule has 0 spiro atoms. The number of hydrogen-bond acceptors (Lipinski definition) is 2. The zero-order valence-electron chi connectivity index (χ0n) is 11.8. The molecule has 1 aliphatic carbocycles. The summed E-state index contributed by atoms with van der Waals surface area (Å²) in [4.78, 5) is 0. The Balaban J connectivity index is 2.16. The molecule has 0 amide bonds. The van der Waals surface area contributed by atoms with E-state index in [0.29, 0.717) is 11.1 Å². The van der Waals surface area contributed by atoms with Crippen LogP contribution in [0.5, 0.6) is 11.5 Å². The average molecular weight is 278 g/mol. The van der Waals surface area contributed by atoms with Crippen LogP contribution >= 0.6 is 0 Å². The highest BCUT2D eigenvalue weighted by molar-refractivity contribution is 5.76. The van der Waals surface area contributed by atoms with Gasteiger partial charge in [-0.1, -0.05) is 36.4 Å². The quantitative estimate of drug-likeness (QED) is 0.751. The molecule has 0 aromatic heterocycles. The largest absolute Gasteiger partial charge is 0.507 e. The van der Waals surface area contributed by atoms with Crippen LogP contribution in [0.2, 0.25) is 0 Å². The standard InChI is InChI=1S/C19H18O2/c20-18-10-8-14-6-4-2-1-3-5-7-15-9-11-19(21)17(13-15)16(18)12-14/h1-4,8-13,20-21H,5-7H2/b3-1-,4-2+. The summed E-state index contributed by atoms with van der Waals surface area (Å²) in [6.07, 6.45) is 11.0. The highest BCUT2D eigenvalue weighted by Gasteiger charge is 2.11. The average Bonchev–Trinajstić information content (AvgIpc) is 2.50. The van der Waals surface area contributed by atoms with E-state index < -0.39 is 0 Å². The molecule has 4 bridgehead atoms. The number of benzene rings is 2. The van der Waals surface area contributed by atoms with Crippen molar-refractivity contribution < 1.29 is 10.2 Å². The highest BCUT2D eigenvalue weighted by atomic mass is 16.3. The van der Waals surface area contributed by atoms with Crippen LogP contribution in [0.15, 0.2) is 60.7 Å². The SMILES string of the molecule is Oc1ccc2cc1-c1cc(ccc1O)CC/C=C\C=C\C2. The maximum Gasteiger partial charge on any atom is 0.123 e. The van der Waals surface area contributed by atoms with Crippen LogP contribution in [-0.4, -0.2) is 10.2 Å². The smallest absolute Gasteiger partial charge is 0.123 e. The fraction of sp³-hybridized carbons (Fsp3) is 0.158. The Hall–Kier alpha value is -2.48. The van der Waals surface area contributed by atoms with E-state index in [4.69, 9.17) is 0 Å². The molecule has 2 N–H and O–H groups in total. The van der Waals surface area contributed by atoms with Gasteiger partial charge < -0.3 is 10.2 Å². The second-order valence-corrected chi connectivity index (χ2v) is 5.30. The van der Waals surface area contributed by atoms with Crippen LogP contribution in [0.25, 0.3) is 11.1 Å². The number of fused-ring (bicyclic) bond motifs is 5. The molecule has 21 heavy (non-hydrogen) atoms. The van der Waals surface area contributed by atoms with Crippen molar-refractivity contribution >= 4 is 0 Å². The van der Waals surface area contributed by atoms with Crippen LogP contribution in [0.3, 0.4) is 0 Å². The Morgan fingerprint density at radius 2 is 1.33 bits per heavy atom. The van der Waals surface area contributed by atoms with Crippen molar-refractivity contribution in [2.24, 2.45) is 0 Å². The van der Waals surface area contributed by atoms with Gasteiger partial charge in [0, 0.05) is 11.1 Å². The van der Waals surface area contributed by atoms with Gasteiger partial charge in [-0.2, -0.15) is 0 Å². The van der Waals surface area contributed by atoms with Crippen LogP contribution < -0.4 is 0 Å². The predicted octanol–water partition coefficient (Wildman–Crippen LogP) is 4.37. The van der Waals surface area contributed by atoms with Crippen molar-refractivity contribution in [1.82, 2.24) is 0 Å². The second kappa shape index (κ2) is 5.88. The van der Waals surface area contributed by atoms with E-state index in [1.54, 1.807) is 12.1 Å². The van der Waals surface area contributed by atoms with Crippen LogP contribution in [0.4, 0.5) is 0 Å². The van der Waals surface area contributed by atoms with Gasteiger partial charge >= 0.3 is 0 Å². The van der Waals surface area contributed by atoms with Gasteiger partial charge in [-0.3, -0.25) is 0 Å². The van der Waals surface area contributed by atoms with Gasteiger partial charge in [0.1, 0.15) is 11.5 Å². The van der Waals surface area contributed by atoms with Gasteiger partial charge in [0.15, 0.2) is 0 Å². The third-order valence-electron chi connectivity index (χ3n) is 3.75. The highest BCUT2D eigenvalue weighted by Crippen LogP contribution is 2.37. The Kier molecular flexibility index (Phi) is 3.78. The number of phenolic OH excluding ortho intramolecular Hbond substituents is 2. The van der Waals surface area contributed by atoms with Crippen molar-refractivity contribution in [2.45, 2.75) is 19.3 Å². The fourth-order valence-corrected chi connectivity index (χ4v) is 2.59. The molecule has 0 atom stereocenters. The lowest BCUT2D eigenvalue weighted by Crippen LogP contribution is -1.89. The van der Waals surface area contributed by atoms with Crippen molar-refractivity contribution in [3.8, 4) is 22.6 Å². The van der Waals surface area contributed by atoms with Crippen molar-refractivity contribution in [1.29, 1.82) is 0 Å². The molecular formula is C19H18O2. The Morgan fingerprint density at radius 1 is 0.714 bits per heavy atom. The van der Waals surface area contributed by atoms with E-state index in [1.807, 2.05) is 24.3 Å². The van der Waals surface area contributed by atoms with Gasteiger partial charge in [-0.25, -0.2) is 0 Å².